The number of nitrogens with zero attached hydrogens (tertiary/aromatic N) is 2. The van der Waals surface area contributed by atoms with E-state index >= 15 is 0 Å². The van der Waals surface area contributed by atoms with Crippen LogP contribution < -0.4 is 5.32 Å². The number of hydrogen-bond acceptors (Lipinski definition) is 3. The predicted molar refractivity (Wildman–Crippen MR) is 70.9 cm³/mol. The van der Waals surface area contributed by atoms with Crippen molar-refractivity contribution in [3.8, 4) is 0 Å². The topological polar surface area (TPSA) is 28.2 Å². The SMILES string of the molecule is Cc1ccncc1CNC1CCN(C)CC1C. The molecule has 2 rings (SSSR count). The normalized spacial score (nSPS) is 26.1. The van der Waals surface area contributed by atoms with Crippen molar-refractivity contribution >= 4 is 0 Å². The van der Waals surface area contributed by atoms with Gasteiger partial charge in [-0.3, -0.25) is 4.98 Å². The molecule has 0 aromatic carbocycles. The molecule has 3 nitrogen and oxygen atoms in total. The standard InChI is InChI=1S/C14H23N3/c1-11-4-6-15-8-13(11)9-16-14-5-7-17(3)10-12(14)2/h4,6,8,12,14,16H,5,7,9-10H2,1-3H3. The monoisotopic (exact) mass is 233 g/mol. The Kier molecular flexibility index (Phi) is 4.13. The van der Waals surface area contributed by atoms with Gasteiger partial charge < -0.3 is 10.2 Å². The highest BCUT2D eigenvalue weighted by Gasteiger charge is 2.23. The molecule has 1 aliphatic rings. The van der Waals surface area contributed by atoms with E-state index in [9.17, 15) is 0 Å². The molecule has 1 aromatic rings. The third-order valence-corrected chi connectivity index (χ3v) is 3.81. The van der Waals surface area contributed by atoms with Crippen LogP contribution in [0.3, 0.4) is 0 Å². The largest absolute Gasteiger partial charge is 0.309 e. The second-order valence-corrected chi connectivity index (χ2v) is 5.32. The zero-order valence-electron chi connectivity index (χ0n) is 11.1. The summed E-state index contributed by atoms with van der Waals surface area (Å²) in [5.41, 5.74) is 2.65. The van der Waals surface area contributed by atoms with Gasteiger partial charge in [-0.1, -0.05) is 6.92 Å². The van der Waals surface area contributed by atoms with Crippen LogP contribution in [0.2, 0.25) is 0 Å². The van der Waals surface area contributed by atoms with Crippen molar-refractivity contribution in [1.29, 1.82) is 0 Å². The number of rotatable bonds is 3. The number of piperidine rings is 1. The molecular formula is C14H23N3. The minimum absolute atomic E-state index is 0.644. The number of likely N-dealkylation sites (tertiary alicyclic amines) is 1. The lowest BCUT2D eigenvalue weighted by molar-refractivity contribution is 0.174. The third-order valence-electron chi connectivity index (χ3n) is 3.81. The van der Waals surface area contributed by atoms with Crippen molar-refractivity contribution in [2.24, 2.45) is 5.92 Å². The molecule has 0 radical (unpaired) electrons. The van der Waals surface area contributed by atoms with Crippen LogP contribution in [0.5, 0.6) is 0 Å². The maximum Gasteiger partial charge on any atom is 0.0315 e. The molecule has 0 spiro atoms. The van der Waals surface area contributed by atoms with Crippen LogP contribution in [0.25, 0.3) is 0 Å². The average Bonchev–Trinajstić information content (AvgIpc) is 2.30. The second-order valence-electron chi connectivity index (χ2n) is 5.32. The van der Waals surface area contributed by atoms with Gasteiger partial charge in [0.05, 0.1) is 0 Å². The Morgan fingerprint density at radius 3 is 3.06 bits per heavy atom. The smallest absolute Gasteiger partial charge is 0.0315 e. The summed E-state index contributed by atoms with van der Waals surface area (Å²) in [7, 11) is 2.21. The van der Waals surface area contributed by atoms with E-state index < -0.39 is 0 Å². The van der Waals surface area contributed by atoms with E-state index in [1.165, 1.54) is 30.6 Å². The molecule has 0 aliphatic carbocycles. The fourth-order valence-electron chi connectivity index (χ4n) is 2.58. The molecular weight excluding hydrogens is 210 g/mol. The third kappa shape index (κ3) is 3.27. The van der Waals surface area contributed by atoms with Crippen molar-refractivity contribution < 1.29 is 0 Å². The highest BCUT2D eigenvalue weighted by molar-refractivity contribution is 5.21. The number of hydrogen-bond donors (Lipinski definition) is 1. The van der Waals surface area contributed by atoms with Crippen molar-refractivity contribution in [2.45, 2.75) is 32.9 Å². The molecule has 1 fully saturated rings. The molecule has 2 heterocycles. The Bertz CT molecular complexity index is 364. The lowest BCUT2D eigenvalue weighted by atomic mass is 9.94. The number of aryl methyl sites for hydroxylation is 1. The first-order valence-corrected chi connectivity index (χ1v) is 6.48. The van der Waals surface area contributed by atoms with Gasteiger partial charge in [-0.05, 0) is 50.0 Å². The minimum Gasteiger partial charge on any atom is -0.309 e. The molecule has 94 valence electrons. The van der Waals surface area contributed by atoms with Gasteiger partial charge in [0.15, 0.2) is 0 Å². The Hall–Kier alpha value is -0.930. The Morgan fingerprint density at radius 1 is 1.53 bits per heavy atom. The molecule has 17 heavy (non-hydrogen) atoms. The molecule has 1 aliphatic heterocycles. The molecule has 3 heteroatoms. The maximum absolute atomic E-state index is 4.19. The molecule has 1 N–H and O–H groups in total. The van der Waals surface area contributed by atoms with Crippen molar-refractivity contribution in [2.75, 3.05) is 20.1 Å². The summed E-state index contributed by atoms with van der Waals surface area (Å²) < 4.78 is 0. The lowest BCUT2D eigenvalue weighted by Gasteiger charge is -2.35. The van der Waals surface area contributed by atoms with E-state index in [0.717, 1.165) is 12.5 Å². The van der Waals surface area contributed by atoms with Gasteiger partial charge in [0.2, 0.25) is 0 Å². The van der Waals surface area contributed by atoms with Crippen LogP contribution in [0.4, 0.5) is 0 Å². The molecule has 0 saturated carbocycles. The van der Waals surface area contributed by atoms with Crippen LogP contribution in [0.1, 0.15) is 24.5 Å². The van der Waals surface area contributed by atoms with E-state index in [0.29, 0.717) is 6.04 Å². The van der Waals surface area contributed by atoms with Crippen LogP contribution in [-0.4, -0.2) is 36.1 Å². The molecule has 2 atom stereocenters. The van der Waals surface area contributed by atoms with E-state index in [1.54, 1.807) is 0 Å². The van der Waals surface area contributed by atoms with E-state index in [1.807, 2.05) is 12.4 Å². The van der Waals surface area contributed by atoms with E-state index in [4.69, 9.17) is 0 Å². The average molecular weight is 233 g/mol. The van der Waals surface area contributed by atoms with Gasteiger partial charge in [-0.15, -0.1) is 0 Å². The maximum atomic E-state index is 4.19. The quantitative estimate of drug-likeness (QED) is 0.863. The second kappa shape index (κ2) is 5.61. The molecule has 0 amide bonds. The van der Waals surface area contributed by atoms with Crippen LogP contribution >= 0.6 is 0 Å². The highest BCUT2D eigenvalue weighted by atomic mass is 15.1. The summed E-state index contributed by atoms with van der Waals surface area (Å²) in [5.74, 6) is 0.728. The minimum atomic E-state index is 0.644. The zero-order valence-corrected chi connectivity index (χ0v) is 11.1. The highest BCUT2D eigenvalue weighted by Crippen LogP contribution is 2.16. The van der Waals surface area contributed by atoms with Gasteiger partial charge in [-0.25, -0.2) is 0 Å². The van der Waals surface area contributed by atoms with Crippen molar-refractivity contribution in [1.82, 2.24) is 15.2 Å². The Morgan fingerprint density at radius 2 is 2.35 bits per heavy atom. The van der Waals surface area contributed by atoms with Gasteiger partial charge in [0, 0.05) is 31.5 Å². The van der Waals surface area contributed by atoms with E-state index in [-0.39, 0.29) is 0 Å². The first-order valence-electron chi connectivity index (χ1n) is 6.48. The summed E-state index contributed by atoms with van der Waals surface area (Å²) in [6.07, 6.45) is 5.08. The summed E-state index contributed by atoms with van der Waals surface area (Å²) in [6, 6.07) is 2.72. The van der Waals surface area contributed by atoms with Gasteiger partial charge in [0.1, 0.15) is 0 Å². The molecule has 2 unspecified atom stereocenters. The Balaban J connectivity index is 1.88. The van der Waals surface area contributed by atoms with Crippen molar-refractivity contribution in [3.05, 3.63) is 29.6 Å². The molecule has 1 saturated heterocycles. The number of pyridine rings is 1. The summed E-state index contributed by atoms with van der Waals surface area (Å²) in [6.45, 7) is 7.83. The fourth-order valence-corrected chi connectivity index (χ4v) is 2.58. The number of nitrogens with one attached hydrogen (secondary N) is 1. The summed E-state index contributed by atoms with van der Waals surface area (Å²) in [5, 5.41) is 3.68. The van der Waals surface area contributed by atoms with Crippen LogP contribution in [-0.2, 0) is 6.54 Å². The van der Waals surface area contributed by atoms with E-state index in [2.05, 4.69) is 42.2 Å². The lowest BCUT2D eigenvalue weighted by Crippen LogP contribution is -2.46. The fraction of sp³-hybridized carbons (Fsp3) is 0.643. The van der Waals surface area contributed by atoms with Crippen molar-refractivity contribution in [3.63, 3.8) is 0 Å². The summed E-state index contributed by atoms with van der Waals surface area (Å²) >= 11 is 0. The molecule has 1 aromatic heterocycles. The van der Waals surface area contributed by atoms with Gasteiger partial charge in [-0.2, -0.15) is 0 Å². The van der Waals surface area contributed by atoms with Gasteiger partial charge in [0.25, 0.3) is 0 Å². The predicted octanol–water partition coefficient (Wildman–Crippen LogP) is 1.82. The first kappa shape index (κ1) is 12.5. The van der Waals surface area contributed by atoms with Crippen LogP contribution in [0.15, 0.2) is 18.5 Å². The Labute approximate surface area is 104 Å². The number of aromatic nitrogens is 1. The van der Waals surface area contributed by atoms with Crippen LogP contribution in [0, 0.1) is 12.8 Å². The molecule has 0 bridgehead atoms. The van der Waals surface area contributed by atoms with Gasteiger partial charge >= 0.3 is 0 Å². The summed E-state index contributed by atoms with van der Waals surface area (Å²) in [4.78, 5) is 6.61. The first-order chi connectivity index (χ1) is 8.16. The zero-order chi connectivity index (χ0) is 12.3.